The van der Waals surface area contributed by atoms with Crippen molar-refractivity contribution in [3.05, 3.63) is 155 Å². The zero-order valence-corrected chi connectivity index (χ0v) is 68.2. The zero-order chi connectivity index (χ0) is 59.6. The van der Waals surface area contributed by atoms with Gasteiger partial charge in [-0.15, -0.1) is 0 Å². The van der Waals surface area contributed by atoms with Gasteiger partial charge in [0, 0.05) is 48.1 Å². The third-order valence-corrected chi connectivity index (χ3v) is 37.9. The Bertz CT molecular complexity index is 1800. The van der Waals surface area contributed by atoms with E-state index in [2.05, 4.69) is 260 Å². The Morgan fingerprint density at radius 3 is 0.549 bits per heavy atom. The van der Waals surface area contributed by atoms with Gasteiger partial charge < -0.3 is 75.1 Å². The molecule has 8 aliphatic carbocycles. The normalized spacial score (nSPS) is 31.9. The topological polar surface area (TPSA) is 36.9 Å². The molecule has 4 saturated carbocycles. The van der Waals surface area contributed by atoms with Gasteiger partial charge in [-0.25, -0.2) is 0 Å². The first-order valence-electron chi connectivity index (χ1n) is 29.1. The Morgan fingerprint density at radius 1 is 0.305 bits per heavy atom. The van der Waals surface area contributed by atoms with Crippen molar-refractivity contribution in [3.8, 4) is 0 Å². The van der Waals surface area contributed by atoms with E-state index < -0.39 is 75.0 Å². The van der Waals surface area contributed by atoms with E-state index >= 15 is 0 Å². The fourth-order valence-corrected chi connectivity index (χ4v) is 16.6. The molecular weight excluding hydrogens is 1320 g/mol. The molecule has 4 nitrogen and oxygen atoms in total. The van der Waals surface area contributed by atoms with Crippen LogP contribution in [0.5, 0.6) is 0 Å². The molecular formula is C68H120Cl4O4Si4Zr2-8. The van der Waals surface area contributed by atoms with Gasteiger partial charge in [0.1, 0.15) is 0 Å². The van der Waals surface area contributed by atoms with Gasteiger partial charge in [0.15, 0.2) is 33.3 Å². The molecule has 0 saturated heterocycles. The van der Waals surface area contributed by atoms with Gasteiger partial charge in [-0.2, -0.15) is 23.7 Å². The predicted octanol–water partition coefficient (Wildman–Crippen LogP) is 22.9. The van der Waals surface area contributed by atoms with Gasteiger partial charge in [-0.05, 0) is 96.2 Å². The van der Waals surface area contributed by atoms with Gasteiger partial charge >= 0.3 is 75.7 Å². The number of halogens is 4. The van der Waals surface area contributed by atoms with Crippen molar-refractivity contribution in [2.24, 2.45) is 71.0 Å². The fraction of sp³-hybridized carbons (Fsp3) is 0.647. The Balaban J connectivity index is 0. The van der Waals surface area contributed by atoms with E-state index in [0.29, 0.717) is 95.4 Å². The van der Waals surface area contributed by atoms with Gasteiger partial charge in [-0.1, -0.05) is 206 Å². The van der Waals surface area contributed by atoms with E-state index in [9.17, 15) is 0 Å². The van der Waals surface area contributed by atoms with Crippen molar-refractivity contribution >= 4 is 67.3 Å². The Morgan fingerprint density at radius 2 is 0.427 bits per heavy atom. The van der Waals surface area contributed by atoms with Crippen LogP contribution in [0.3, 0.4) is 0 Å². The van der Waals surface area contributed by atoms with Gasteiger partial charge in [0.05, 0.1) is 0 Å². The molecule has 476 valence electrons. The number of hydrogen-bond donors (Lipinski definition) is 0. The molecule has 8 rings (SSSR count). The van der Waals surface area contributed by atoms with Crippen molar-refractivity contribution in [2.75, 3.05) is 0 Å². The molecule has 0 aromatic carbocycles. The molecule has 0 amide bonds. The summed E-state index contributed by atoms with van der Waals surface area (Å²) in [6, 6.07) is 0. The van der Waals surface area contributed by atoms with E-state index in [-0.39, 0.29) is 49.9 Å². The van der Waals surface area contributed by atoms with E-state index in [1.807, 2.05) is 0 Å². The molecule has 16 unspecified atom stereocenters. The molecule has 0 radical (unpaired) electrons. The summed E-state index contributed by atoms with van der Waals surface area (Å²) in [5, 5.41) is 1.15. The van der Waals surface area contributed by atoms with Crippen molar-refractivity contribution < 1.29 is 59.4 Å². The molecule has 0 bridgehead atoms. The molecule has 8 aliphatic rings. The van der Waals surface area contributed by atoms with Crippen molar-refractivity contribution in [1.82, 2.24) is 0 Å². The van der Waals surface area contributed by atoms with Crippen molar-refractivity contribution in [3.63, 3.8) is 0 Å². The molecule has 0 N–H and O–H groups in total. The Kier molecular flexibility index (Phi) is 37.6. The molecule has 0 aliphatic heterocycles. The summed E-state index contributed by atoms with van der Waals surface area (Å²) in [4.78, 5) is 0. The Hall–Kier alpha value is 1.55. The van der Waals surface area contributed by atoms with Crippen LogP contribution in [0.2, 0.25) is 72.5 Å². The second-order valence-electron chi connectivity index (χ2n) is 29.5. The van der Waals surface area contributed by atoms with Crippen LogP contribution < -0.4 is 0 Å². The standard InChI is InChI=1S/4C16H27OSi.4CH3.4ClH.2Zr/c4*1-12-11-15(14-10-8-7-9-13(12)14)17-18(5,6)16(2,3)4;;;;;;;;;;/h4*7-10,12-15H,1,11H2,2-6H3;4*1H3;4*1H;;/q8*-1;;;;;2*+2/p-4. The average molecular weight is 1440 g/mol. The van der Waals surface area contributed by atoms with Crippen LogP contribution in [-0.4, -0.2) is 57.7 Å². The number of hydrogen-bond acceptors (Lipinski definition) is 4. The van der Waals surface area contributed by atoms with Crippen LogP contribution in [0.15, 0.2) is 97.2 Å². The molecule has 0 heterocycles. The maximum atomic E-state index is 6.62. The molecule has 0 aromatic heterocycles. The average Bonchev–Trinajstić information content (AvgIpc) is 4.02. The summed E-state index contributed by atoms with van der Waals surface area (Å²) in [6.07, 6.45) is 41.8. The van der Waals surface area contributed by atoms with E-state index in [4.69, 9.17) is 51.8 Å². The monoisotopic (exact) mass is 1430 g/mol. The molecule has 16 atom stereocenters. The zero-order valence-electron chi connectivity index (χ0n) is 56.3. The molecule has 4 fully saturated rings. The van der Waals surface area contributed by atoms with Crippen molar-refractivity contribution in [2.45, 2.75) is 206 Å². The third-order valence-electron chi connectivity index (χ3n) is 19.9. The van der Waals surface area contributed by atoms with Crippen molar-refractivity contribution in [1.29, 1.82) is 0 Å². The summed E-state index contributed by atoms with van der Waals surface area (Å²) in [7, 11) is 13.1. The molecule has 82 heavy (non-hydrogen) atoms. The van der Waals surface area contributed by atoms with Crippen LogP contribution >= 0.6 is 34.1 Å². The molecule has 0 aromatic rings. The van der Waals surface area contributed by atoms with Crippen LogP contribution in [0.25, 0.3) is 0 Å². The van der Waals surface area contributed by atoms with E-state index in [1.165, 1.54) is 0 Å². The maximum absolute atomic E-state index is 6.62. The number of allylic oxidation sites excluding steroid dienone is 12. The quantitative estimate of drug-likeness (QED) is 0.179. The molecule has 14 heteroatoms. The molecule has 0 spiro atoms. The second kappa shape index (κ2) is 36.0. The van der Waals surface area contributed by atoms with Gasteiger partial charge in [-0.3, -0.25) is 0 Å². The third kappa shape index (κ3) is 23.7. The van der Waals surface area contributed by atoms with Crippen LogP contribution in [-0.2, 0) is 59.4 Å². The summed E-state index contributed by atoms with van der Waals surface area (Å²) in [6.45, 7) is 63.8. The first-order valence-corrected chi connectivity index (χ1v) is 53.4. The summed E-state index contributed by atoms with van der Waals surface area (Å²) in [5.74, 6) is 6.56. The fourth-order valence-electron chi connectivity index (χ4n) is 11.1. The van der Waals surface area contributed by atoms with E-state index in [0.717, 1.165) is 25.7 Å². The van der Waals surface area contributed by atoms with Crippen LogP contribution in [0.4, 0.5) is 0 Å². The van der Waals surface area contributed by atoms with E-state index in [1.54, 1.807) is 0 Å². The summed E-state index contributed by atoms with van der Waals surface area (Å²) >= 11 is -1.65. The Labute approximate surface area is 552 Å². The van der Waals surface area contributed by atoms with Crippen LogP contribution in [0, 0.1) is 128 Å². The number of rotatable bonds is 8. The first kappa shape index (κ1) is 85.6. The SMILES string of the molecule is [CH2-]C1CC(O[Si](C)(C)C(C)(C)C)C2C=CC=CC12.[CH2-]C1CC(O[Si](C)(C)C(C)(C)C)C2C=CC=CC12.[CH2-]C1CC(O[Si](C)(C)C(C)(C)C)C2C=CC=CC12.[CH2-]C1CC(O[Si](C)(C)C(C)(C)C)C2C=CC=CC12.[CH3-].[CH3-].[CH3-].[CH3-].[Cl][Zr][Cl].[Cl][Zr][Cl]. The van der Waals surface area contributed by atoms with Crippen LogP contribution in [0.1, 0.15) is 109 Å². The predicted molar refractivity (Wildman–Crippen MR) is 372 cm³/mol. The van der Waals surface area contributed by atoms with Gasteiger partial charge in [0.2, 0.25) is 0 Å². The second-order valence-corrected chi connectivity index (χ2v) is 56.0. The summed E-state index contributed by atoms with van der Waals surface area (Å²) in [5.41, 5.74) is 0. The van der Waals surface area contributed by atoms with Gasteiger partial charge in [0.25, 0.3) is 0 Å². The number of fused-ring (bicyclic) bond motifs is 4. The minimum absolute atomic E-state index is 0. The minimum atomic E-state index is -1.66. The summed E-state index contributed by atoms with van der Waals surface area (Å²) < 4.78 is 26.5. The first-order chi connectivity index (χ1) is 35.7.